The lowest BCUT2D eigenvalue weighted by molar-refractivity contribution is 0.145. The van der Waals surface area contributed by atoms with E-state index in [2.05, 4.69) is 5.32 Å². The van der Waals surface area contributed by atoms with Gasteiger partial charge in [0, 0.05) is 19.8 Å². The van der Waals surface area contributed by atoms with Crippen LogP contribution in [0.15, 0.2) is 0 Å². The van der Waals surface area contributed by atoms with Crippen molar-refractivity contribution in [2.75, 3.05) is 26.3 Å². The van der Waals surface area contributed by atoms with Crippen LogP contribution in [0.25, 0.3) is 0 Å². The van der Waals surface area contributed by atoms with Gasteiger partial charge in [0.25, 0.3) is 0 Å². The van der Waals surface area contributed by atoms with Crippen molar-refractivity contribution < 1.29 is 13.2 Å². The van der Waals surface area contributed by atoms with Crippen molar-refractivity contribution >= 4 is 9.84 Å². The molecule has 0 rings (SSSR count). The Morgan fingerprint density at radius 1 is 1.17 bits per heavy atom. The lowest BCUT2D eigenvalue weighted by Gasteiger charge is -2.21. The van der Waals surface area contributed by atoms with Gasteiger partial charge in [-0.15, -0.1) is 0 Å². The van der Waals surface area contributed by atoms with Crippen LogP contribution in [0.4, 0.5) is 0 Å². The van der Waals surface area contributed by atoms with Crippen molar-refractivity contribution in [2.45, 2.75) is 51.5 Å². The van der Waals surface area contributed by atoms with Crippen molar-refractivity contribution in [3.63, 3.8) is 0 Å². The van der Waals surface area contributed by atoms with E-state index in [0.717, 1.165) is 26.2 Å². The van der Waals surface area contributed by atoms with Gasteiger partial charge in [-0.25, -0.2) is 8.42 Å². The fourth-order valence-electron chi connectivity index (χ4n) is 1.61. The molecule has 0 bridgehead atoms. The van der Waals surface area contributed by atoms with Gasteiger partial charge in [0.05, 0.1) is 10.5 Å². The van der Waals surface area contributed by atoms with Gasteiger partial charge in [-0.1, -0.05) is 13.8 Å². The summed E-state index contributed by atoms with van der Waals surface area (Å²) in [5, 5.41) is 2.57. The maximum absolute atomic E-state index is 12.2. The van der Waals surface area contributed by atoms with Crippen molar-refractivity contribution in [3.05, 3.63) is 0 Å². The molecular formula is C13H29NO3S. The number of hydrogen-bond donors (Lipinski definition) is 1. The third kappa shape index (κ3) is 6.16. The van der Waals surface area contributed by atoms with Crippen LogP contribution in [0.3, 0.4) is 0 Å². The maximum atomic E-state index is 12.2. The smallest absolute Gasteiger partial charge is 0.156 e. The number of hydrogen-bond acceptors (Lipinski definition) is 4. The number of sulfone groups is 1. The SMILES string of the molecule is CCOCCCNCC(C)S(=O)(=O)C(C)C(C)C. The molecule has 0 aliphatic heterocycles. The highest BCUT2D eigenvalue weighted by Crippen LogP contribution is 2.16. The van der Waals surface area contributed by atoms with Crippen LogP contribution in [-0.2, 0) is 14.6 Å². The molecule has 5 heteroatoms. The van der Waals surface area contributed by atoms with E-state index in [-0.39, 0.29) is 16.4 Å². The molecule has 0 amide bonds. The van der Waals surface area contributed by atoms with E-state index >= 15 is 0 Å². The predicted molar refractivity (Wildman–Crippen MR) is 76.7 cm³/mol. The second kappa shape index (κ2) is 8.88. The summed E-state index contributed by atoms with van der Waals surface area (Å²) in [6, 6.07) is 0. The van der Waals surface area contributed by atoms with Crippen molar-refractivity contribution in [2.24, 2.45) is 5.92 Å². The monoisotopic (exact) mass is 279 g/mol. The van der Waals surface area contributed by atoms with Crippen LogP contribution in [0, 0.1) is 5.92 Å². The average molecular weight is 279 g/mol. The molecule has 0 aromatic heterocycles. The van der Waals surface area contributed by atoms with E-state index in [9.17, 15) is 8.42 Å². The average Bonchev–Trinajstić information content (AvgIpc) is 2.31. The van der Waals surface area contributed by atoms with Crippen LogP contribution in [0.2, 0.25) is 0 Å². The molecular weight excluding hydrogens is 250 g/mol. The van der Waals surface area contributed by atoms with Crippen molar-refractivity contribution in [1.29, 1.82) is 0 Å². The molecule has 110 valence electrons. The molecule has 0 aliphatic rings. The van der Waals surface area contributed by atoms with Gasteiger partial charge in [-0.05, 0) is 39.7 Å². The number of nitrogens with one attached hydrogen (secondary N) is 1. The maximum Gasteiger partial charge on any atom is 0.156 e. The van der Waals surface area contributed by atoms with Crippen LogP contribution in [0.5, 0.6) is 0 Å². The van der Waals surface area contributed by atoms with Gasteiger partial charge < -0.3 is 10.1 Å². The lowest BCUT2D eigenvalue weighted by atomic mass is 10.2. The van der Waals surface area contributed by atoms with Gasteiger partial charge >= 0.3 is 0 Å². The van der Waals surface area contributed by atoms with Crippen LogP contribution in [0.1, 0.15) is 41.0 Å². The summed E-state index contributed by atoms with van der Waals surface area (Å²) in [7, 11) is -3.03. The quantitative estimate of drug-likeness (QED) is 0.620. The molecule has 2 unspecified atom stereocenters. The highest BCUT2D eigenvalue weighted by atomic mass is 32.2. The Hall–Kier alpha value is -0.130. The fourth-order valence-corrected chi connectivity index (χ4v) is 3.45. The van der Waals surface area contributed by atoms with E-state index < -0.39 is 9.84 Å². The number of ether oxygens (including phenoxy) is 1. The first-order valence-corrected chi connectivity index (χ1v) is 8.46. The first kappa shape index (κ1) is 17.9. The molecule has 0 aromatic carbocycles. The third-order valence-corrected chi connectivity index (χ3v) is 6.17. The summed E-state index contributed by atoms with van der Waals surface area (Å²) >= 11 is 0. The summed E-state index contributed by atoms with van der Waals surface area (Å²) in [5.74, 6) is 0.162. The molecule has 18 heavy (non-hydrogen) atoms. The van der Waals surface area contributed by atoms with Gasteiger partial charge in [0.15, 0.2) is 9.84 Å². The van der Waals surface area contributed by atoms with Gasteiger partial charge in [-0.3, -0.25) is 0 Å². The molecule has 0 saturated carbocycles. The second-order valence-electron chi connectivity index (χ2n) is 5.10. The summed E-state index contributed by atoms with van der Waals surface area (Å²) < 4.78 is 29.6. The minimum Gasteiger partial charge on any atom is -0.382 e. The van der Waals surface area contributed by atoms with Crippen LogP contribution < -0.4 is 5.32 Å². The topological polar surface area (TPSA) is 55.4 Å². The summed E-state index contributed by atoms with van der Waals surface area (Å²) in [6.45, 7) is 12.2. The van der Waals surface area contributed by atoms with E-state index in [1.807, 2.05) is 20.8 Å². The standard InChI is InChI=1S/C13H29NO3S/c1-6-17-9-7-8-14-10-12(4)18(15,16)13(5)11(2)3/h11-14H,6-10H2,1-5H3. The molecule has 0 fully saturated rings. The highest BCUT2D eigenvalue weighted by Gasteiger charge is 2.29. The van der Waals surface area contributed by atoms with Crippen LogP contribution >= 0.6 is 0 Å². The van der Waals surface area contributed by atoms with E-state index in [1.165, 1.54) is 0 Å². The summed E-state index contributed by atoms with van der Waals surface area (Å²) in [5.41, 5.74) is 0. The highest BCUT2D eigenvalue weighted by molar-refractivity contribution is 7.92. The minimum atomic E-state index is -3.03. The number of rotatable bonds is 10. The predicted octanol–water partition coefficient (Wildman–Crippen LogP) is 1.85. The fraction of sp³-hybridized carbons (Fsp3) is 1.00. The molecule has 0 spiro atoms. The molecule has 2 atom stereocenters. The Bertz CT molecular complexity index is 301. The molecule has 0 aromatic rings. The van der Waals surface area contributed by atoms with Crippen molar-refractivity contribution in [3.8, 4) is 0 Å². The molecule has 0 saturated heterocycles. The normalized spacial score (nSPS) is 15.9. The third-order valence-electron chi connectivity index (χ3n) is 3.30. The Morgan fingerprint density at radius 3 is 2.28 bits per heavy atom. The van der Waals surface area contributed by atoms with Gasteiger partial charge in [-0.2, -0.15) is 0 Å². The summed E-state index contributed by atoms with van der Waals surface area (Å²) in [6.07, 6.45) is 0.917. The van der Waals surface area contributed by atoms with Crippen LogP contribution in [-0.4, -0.2) is 45.2 Å². The molecule has 0 heterocycles. The van der Waals surface area contributed by atoms with E-state index in [0.29, 0.717) is 6.54 Å². The molecule has 4 nitrogen and oxygen atoms in total. The van der Waals surface area contributed by atoms with Crippen molar-refractivity contribution in [1.82, 2.24) is 5.32 Å². The molecule has 0 aliphatic carbocycles. The minimum absolute atomic E-state index is 0.162. The largest absolute Gasteiger partial charge is 0.382 e. The second-order valence-corrected chi connectivity index (χ2v) is 7.83. The van der Waals surface area contributed by atoms with E-state index in [1.54, 1.807) is 13.8 Å². The van der Waals surface area contributed by atoms with Gasteiger partial charge in [0.1, 0.15) is 0 Å². The Labute approximate surface area is 112 Å². The Balaban J connectivity index is 3.98. The molecule has 1 N–H and O–H groups in total. The lowest BCUT2D eigenvalue weighted by Crippen LogP contribution is -2.38. The first-order chi connectivity index (χ1) is 8.34. The first-order valence-electron chi connectivity index (χ1n) is 6.85. The molecule has 0 radical (unpaired) electrons. The van der Waals surface area contributed by atoms with Gasteiger partial charge in [0.2, 0.25) is 0 Å². The Morgan fingerprint density at radius 2 is 1.78 bits per heavy atom. The zero-order chi connectivity index (χ0) is 14.2. The Kier molecular flexibility index (Phi) is 8.82. The summed E-state index contributed by atoms with van der Waals surface area (Å²) in [4.78, 5) is 0. The zero-order valence-corrected chi connectivity index (χ0v) is 13.2. The zero-order valence-electron chi connectivity index (χ0n) is 12.4. The van der Waals surface area contributed by atoms with E-state index in [4.69, 9.17) is 4.74 Å².